The van der Waals surface area contributed by atoms with Crippen LogP contribution in [0.5, 0.6) is 0 Å². The number of ether oxygens (including phenoxy) is 1. The van der Waals surface area contributed by atoms with Crippen LogP contribution in [0.3, 0.4) is 0 Å². The second-order valence-electron chi connectivity index (χ2n) is 7.84. The number of nitriles is 1. The Bertz CT molecular complexity index is 1190. The van der Waals surface area contributed by atoms with E-state index >= 15 is 0 Å². The number of nitrogens with one attached hydrogen (secondary N) is 1. The van der Waals surface area contributed by atoms with E-state index in [0.717, 1.165) is 5.56 Å². The van der Waals surface area contributed by atoms with Crippen LogP contribution in [0.15, 0.2) is 42.6 Å². The van der Waals surface area contributed by atoms with Gasteiger partial charge >= 0.3 is 6.18 Å². The Kier molecular flexibility index (Phi) is 6.76. The molecule has 5 nitrogen and oxygen atoms in total. The fraction of sp³-hybridized carbons (Fsp3) is 0.333. The van der Waals surface area contributed by atoms with Gasteiger partial charge in [0.25, 0.3) is 0 Å². The van der Waals surface area contributed by atoms with E-state index in [1.807, 2.05) is 6.07 Å². The van der Waals surface area contributed by atoms with Crippen molar-refractivity contribution in [1.82, 2.24) is 9.55 Å². The predicted octanol–water partition coefficient (Wildman–Crippen LogP) is 5.01. The van der Waals surface area contributed by atoms with Crippen LogP contribution in [0.2, 0.25) is 0 Å². The van der Waals surface area contributed by atoms with E-state index in [2.05, 4.69) is 28.2 Å². The van der Waals surface area contributed by atoms with Crippen LogP contribution in [0.25, 0.3) is 10.9 Å². The molecule has 0 aliphatic carbocycles. The van der Waals surface area contributed by atoms with Gasteiger partial charge in [-0.1, -0.05) is 18.1 Å². The largest absolute Gasteiger partial charge is 0.406 e. The van der Waals surface area contributed by atoms with Crippen LogP contribution in [0.4, 0.5) is 18.9 Å². The van der Waals surface area contributed by atoms with E-state index in [1.165, 1.54) is 4.57 Å². The normalized spacial score (nSPS) is 11.7. The topological polar surface area (TPSA) is 62.9 Å². The third-order valence-corrected chi connectivity index (χ3v) is 4.95. The minimum atomic E-state index is -4.37. The van der Waals surface area contributed by atoms with Gasteiger partial charge in [-0.2, -0.15) is 18.4 Å². The Labute approximate surface area is 184 Å². The molecule has 0 atom stereocenters. The van der Waals surface area contributed by atoms with Crippen molar-refractivity contribution in [3.63, 3.8) is 0 Å². The zero-order valence-corrected chi connectivity index (χ0v) is 18.0. The summed E-state index contributed by atoms with van der Waals surface area (Å²) in [6, 6.07) is 12.6. The Balaban J connectivity index is 1.82. The molecular formula is C24H23F3N4O. The maximum atomic E-state index is 13.2. The first kappa shape index (κ1) is 23.2. The Morgan fingerprint density at radius 2 is 1.97 bits per heavy atom. The lowest BCUT2D eigenvalue weighted by molar-refractivity contribution is -0.140. The lowest BCUT2D eigenvalue weighted by Crippen LogP contribution is -2.18. The Morgan fingerprint density at radius 1 is 1.19 bits per heavy atom. The van der Waals surface area contributed by atoms with Crippen molar-refractivity contribution < 1.29 is 17.9 Å². The van der Waals surface area contributed by atoms with Crippen molar-refractivity contribution in [3.8, 4) is 17.9 Å². The van der Waals surface area contributed by atoms with Crippen LogP contribution in [-0.2, 0) is 23.3 Å². The summed E-state index contributed by atoms with van der Waals surface area (Å²) >= 11 is 0. The van der Waals surface area contributed by atoms with E-state index in [4.69, 9.17) is 4.74 Å². The van der Waals surface area contributed by atoms with Gasteiger partial charge in [0, 0.05) is 18.0 Å². The molecule has 2 heterocycles. The van der Waals surface area contributed by atoms with Gasteiger partial charge in [0.1, 0.15) is 6.54 Å². The molecule has 3 rings (SSSR count). The summed E-state index contributed by atoms with van der Waals surface area (Å²) < 4.78 is 45.9. The molecule has 0 saturated carbocycles. The minimum absolute atomic E-state index is 0.223. The van der Waals surface area contributed by atoms with Crippen molar-refractivity contribution in [2.45, 2.75) is 38.6 Å². The smallest absolute Gasteiger partial charge is 0.380 e. The van der Waals surface area contributed by atoms with Gasteiger partial charge in [-0.25, -0.2) is 0 Å². The monoisotopic (exact) mass is 440 g/mol. The molecule has 8 heteroatoms. The number of hydrogen-bond acceptors (Lipinski definition) is 4. The number of pyridine rings is 1. The van der Waals surface area contributed by atoms with E-state index in [9.17, 15) is 18.4 Å². The third kappa shape index (κ3) is 5.40. The highest BCUT2D eigenvalue weighted by atomic mass is 19.4. The van der Waals surface area contributed by atoms with E-state index in [0.29, 0.717) is 28.9 Å². The van der Waals surface area contributed by atoms with Crippen molar-refractivity contribution >= 4 is 16.6 Å². The molecule has 3 aromatic rings. The molecule has 0 unspecified atom stereocenters. The average Bonchev–Trinajstić information content (AvgIpc) is 3.08. The van der Waals surface area contributed by atoms with Crippen LogP contribution >= 0.6 is 0 Å². The van der Waals surface area contributed by atoms with Crippen molar-refractivity contribution in [2.75, 3.05) is 19.0 Å². The van der Waals surface area contributed by atoms with Crippen LogP contribution in [0.1, 0.15) is 30.8 Å². The van der Waals surface area contributed by atoms with Gasteiger partial charge < -0.3 is 14.6 Å². The number of alkyl halides is 3. The van der Waals surface area contributed by atoms with Gasteiger partial charge in [-0.3, -0.25) is 4.98 Å². The first-order chi connectivity index (χ1) is 15.1. The third-order valence-electron chi connectivity index (χ3n) is 4.95. The van der Waals surface area contributed by atoms with Crippen LogP contribution < -0.4 is 5.32 Å². The fourth-order valence-electron chi connectivity index (χ4n) is 3.29. The summed E-state index contributed by atoms with van der Waals surface area (Å²) in [7, 11) is 1.54. The number of anilines is 1. The molecule has 1 aromatic carbocycles. The molecule has 32 heavy (non-hydrogen) atoms. The second kappa shape index (κ2) is 9.33. The highest BCUT2D eigenvalue weighted by molar-refractivity contribution is 5.85. The van der Waals surface area contributed by atoms with Gasteiger partial charge in [-0.15, -0.1) is 0 Å². The first-order valence-corrected chi connectivity index (χ1v) is 9.92. The summed E-state index contributed by atoms with van der Waals surface area (Å²) in [6.07, 6.45) is -2.77. The Morgan fingerprint density at radius 3 is 2.59 bits per heavy atom. The molecule has 0 amide bonds. The zero-order chi connectivity index (χ0) is 23.4. The summed E-state index contributed by atoms with van der Waals surface area (Å²) in [5.74, 6) is 5.74. The standard InChI is InChI=1S/C24H23F3N4O/c1-23(2,15-28)22-10-9-18(13-30-22)29-11-5-7-19-12-20-17(14-32-3)6-4-8-21(20)31(19)16-24(25,26)27/h4,6,8-10,12-13,29H,11,14,16H2,1-3H3. The maximum Gasteiger partial charge on any atom is 0.406 e. The zero-order valence-electron chi connectivity index (χ0n) is 18.0. The molecule has 0 aliphatic heterocycles. The fourth-order valence-corrected chi connectivity index (χ4v) is 3.29. The van der Waals surface area contributed by atoms with Crippen molar-refractivity contribution in [3.05, 3.63) is 59.5 Å². The Hall–Kier alpha value is -3.49. The number of nitrogens with zero attached hydrogens (tertiary/aromatic N) is 3. The summed E-state index contributed by atoms with van der Waals surface area (Å²) in [4.78, 5) is 4.29. The van der Waals surface area contributed by atoms with Gasteiger partial charge in [0.2, 0.25) is 0 Å². The molecule has 0 bridgehead atoms. The summed E-state index contributed by atoms with van der Waals surface area (Å²) in [5.41, 5.74) is 2.22. The number of halogens is 3. The SMILES string of the molecule is COCc1cccc2c1cc(C#CCNc1ccc(C(C)(C)C#N)nc1)n2CC(F)(F)F. The molecule has 0 saturated heterocycles. The molecular weight excluding hydrogens is 417 g/mol. The molecule has 0 aliphatic rings. The summed E-state index contributed by atoms with van der Waals surface area (Å²) in [6.45, 7) is 2.97. The van der Waals surface area contributed by atoms with E-state index in [1.54, 1.807) is 57.5 Å². The molecule has 0 radical (unpaired) electrons. The number of benzene rings is 1. The quantitative estimate of drug-likeness (QED) is 0.548. The van der Waals surface area contributed by atoms with Gasteiger partial charge in [-0.05, 0) is 49.6 Å². The predicted molar refractivity (Wildman–Crippen MR) is 117 cm³/mol. The number of methoxy groups -OCH3 is 1. The molecule has 1 N–H and O–H groups in total. The van der Waals surface area contributed by atoms with Crippen LogP contribution in [-0.4, -0.2) is 29.4 Å². The van der Waals surface area contributed by atoms with Crippen molar-refractivity contribution in [2.24, 2.45) is 0 Å². The lowest BCUT2D eigenvalue weighted by atomic mass is 9.91. The highest BCUT2D eigenvalue weighted by Crippen LogP contribution is 2.28. The molecule has 166 valence electrons. The maximum absolute atomic E-state index is 13.2. The lowest BCUT2D eigenvalue weighted by Gasteiger charge is -2.14. The molecule has 0 fully saturated rings. The van der Waals surface area contributed by atoms with Gasteiger partial charge in [0.15, 0.2) is 0 Å². The minimum Gasteiger partial charge on any atom is -0.380 e. The number of rotatable bonds is 6. The second-order valence-corrected chi connectivity index (χ2v) is 7.84. The first-order valence-electron chi connectivity index (χ1n) is 9.92. The average molecular weight is 440 g/mol. The van der Waals surface area contributed by atoms with E-state index in [-0.39, 0.29) is 12.2 Å². The number of aromatic nitrogens is 2. The van der Waals surface area contributed by atoms with Crippen LogP contribution in [0, 0.1) is 23.2 Å². The molecule has 2 aromatic heterocycles. The number of hydrogen-bond donors (Lipinski definition) is 1. The van der Waals surface area contributed by atoms with Gasteiger partial charge in [0.05, 0.1) is 47.9 Å². The molecule has 0 spiro atoms. The van der Waals surface area contributed by atoms with Crippen molar-refractivity contribution in [1.29, 1.82) is 5.26 Å². The van der Waals surface area contributed by atoms with E-state index < -0.39 is 18.1 Å². The highest BCUT2D eigenvalue weighted by Gasteiger charge is 2.29. The number of fused-ring (bicyclic) bond motifs is 1. The summed E-state index contributed by atoms with van der Waals surface area (Å²) in [5, 5.41) is 13.0.